The topological polar surface area (TPSA) is 120 Å². The number of amides is 4. The number of phenolic OH excluding ortho intramolecular Hbond substituents is 1. The fraction of sp³-hybridized carbons (Fsp3) is 0.343. The van der Waals surface area contributed by atoms with Crippen LogP contribution in [0.4, 0.5) is 46.6 Å². The molecule has 3 aromatic rings. The molecule has 1 saturated carbocycles. The summed E-state index contributed by atoms with van der Waals surface area (Å²) in [5.41, 5.74) is -3.32. The minimum atomic E-state index is -4.95. The van der Waals surface area contributed by atoms with Gasteiger partial charge in [0.2, 0.25) is 5.82 Å². The fourth-order valence-electron chi connectivity index (χ4n) is 8.11. The van der Waals surface area contributed by atoms with E-state index in [0.29, 0.717) is 16.1 Å². The predicted molar refractivity (Wildman–Crippen MR) is 180 cm³/mol. The molecule has 3 fully saturated rings. The van der Waals surface area contributed by atoms with Gasteiger partial charge in [0.25, 0.3) is 23.6 Å². The predicted octanol–water partition coefficient (Wildman–Crippen LogP) is 7.17. The van der Waals surface area contributed by atoms with Crippen LogP contribution in [-0.2, 0) is 25.4 Å². The van der Waals surface area contributed by atoms with Crippen molar-refractivity contribution in [3.05, 3.63) is 87.3 Å². The van der Waals surface area contributed by atoms with Crippen molar-refractivity contribution in [2.24, 2.45) is 17.8 Å². The second kappa shape index (κ2) is 13.2. The smallest absolute Gasteiger partial charge is 0.433 e. The molecule has 10 nitrogen and oxygen atoms in total. The number of carbonyl (C=O) groups excluding carboxylic acids is 4. The molecule has 3 heterocycles. The largest absolute Gasteiger partial charge is 0.504 e. The zero-order chi connectivity index (χ0) is 41.1. The molecular formula is C35H23Cl3F8N4O6. The van der Waals surface area contributed by atoms with Gasteiger partial charge in [-0.3, -0.25) is 24.2 Å². The van der Waals surface area contributed by atoms with Crippen LogP contribution in [0.15, 0.2) is 42.0 Å². The average molecular weight is 854 g/mol. The number of nitrogens with zero attached hydrogens (tertiary/aromatic N) is 4. The first-order valence-electron chi connectivity index (χ1n) is 16.4. The zero-order valence-electron chi connectivity index (χ0n) is 28.3. The first-order valence-corrected chi connectivity index (χ1v) is 17.6. The number of anilines is 2. The number of aromatic hydroxyl groups is 1. The van der Waals surface area contributed by atoms with E-state index >= 15 is 8.78 Å². The van der Waals surface area contributed by atoms with Gasteiger partial charge < -0.3 is 9.84 Å². The average Bonchev–Trinajstić information content (AvgIpc) is 3.48. The van der Waals surface area contributed by atoms with Gasteiger partial charge >= 0.3 is 6.18 Å². The van der Waals surface area contributed by atoms with E-state index in [-0.39, 0.29) is 39.8 Å². The Morgan fingerprint density at radius 1 is 0.929 bits per heavy atom. The van der Waals surface area contributed by atoms with Gasteiger partial charge in [0.1, 0.15) is 11.4 Å². The summed E-state index contributed by atoms with van der Waals surface area (Å²) >= 11 is 20.4. The Hall–Kier alpha value is -4.68. The van der Waals surface area contributed by atoms with Crippen LogP contribution in [0.5, 0.6) is 11.5 Å². The molecule has 0 radical (unpaired) electrons. The van der Waals surface area contributed by atoms with Crippen molar-refractivity contribution in [2.75, 3.05) is 23.6 Å². The van der Waals surface area contributed by atoms with E-state index in [0.717, 1.165) is 19.2 Å². The van der Waals surface area contributed by atoms with Gasteiger partial charge in [-0.25, -0.2) is 31.8 Å². The van der Waals surface area contributed by atoms with Crippen molar-refractivity contribution in [2.45, 2.75) is 41.6 Å². The van der Waals surface area contributed by atoms with Crippen LogP contribution in [0.3, 0.4) is 0 Å². The van der Waals surface area contributed by atoms with Crippen LogP contribution in [0.25, 0.3) is 0 Å². The van der Waals surface area contributed by atoms with Gasteiger partial charge in [0.05, 0.1) is 23.5 Å². The maximum Gasteiger partial charge on any atom is 0.433 e. The summed E-state index contributed by atoms with van der Waals surface area (Å²) in [6, 6.07) is 4.97. The third kappa shape index (κ3) is 5.31. The number of hydrogen-bond acceptors (Lipinski definition) is 8. The number of benzene rings is 2. The van der Waals surface area contributed by atoms with Gasteiger partial charge in [0.15, 0.2) is 50.3 Å². The maximum absolute atomic E-state index is 15.3. The van der Waals surface area contributed by atoms with E-state index in [4.69, 9.17) is 39.5 Å². The highest BCUT2D eigenvalue weighted by Gasteiger charge is 2.77. The Bertz CT molecular complexity index is 2290. The summed E-state index contributed by atoms with van der Waals surface area (Å²) in [5.74, 6) is -25.1. The highest BCUT2D eigenvalue weighted by Crippen LogP contribution is 2.66. The molecule has 4 amide bonds. The summed E-state index contributed by atoms with van der Waals surface area (Å²) in [6.45, 7) is 1.56. The van der Waals surface area contributed by atoms with Gasteiger partial charge in [0, 0.05) is 13.0 Å². The molecular weight excluding hydrogens is 831 g/mol. The Morgan fingerprint density at radius 2 is 1.55 bits per heavy atom. The SMILES string of the molecule is CCOc1cc([C@H]2C3=CC[C@@H]4C(=O)N(N(C)c5nc(C(F)(F)F)ccc5Cl)C(=O)[C@@H]4[C@@H]3C[C@@]3(Cl)C(=O)N(c4c(F)c(F)c(F)c(F)c4F)C(=O)[C@@]23Cl)ccc1O. The summed E-state index contributed by atoms with van der Waals surface area (Å²) in [6.07, 6.45) is -4.65. The highest BCUT2D eigenvalue weighted by molar-refractivity contribution is 6.58. The highest BCUT2D eigenvalue weighted by atomic mass is 35.5. The summed E-state index contributed by atoms with van der Waals surface area (Å²) in [5, 5.41) is 11.3. The van der Waals surface area contributed by atoms with Crippen LogP contribution in [0.2, 0.25) is 5.02 Å². The number of imide groups is 2. The van der Waals surface area contributed by atoms with Crippen molar-refractivity contribution in [1.29, 1.82) is 0 Å². The molecule has 296 valence electrons. The number of halogens is 11. The Kier molecular flexibility index (Phi) is 9.32. The molecule has 7 rings (SSSR count). The number of carbonyl (C=O) groups is 4. The number of aromatic nitrogens is 1. The van der Waals surface area contributed by atoms with E-state index in [1.165, 1.54) is 18.2 Å². The number of fused-ring (bicyclic) bond motifs is 4. The van der Waals surface area contributed by atoms with Gasteiger partial charge in [-0.05, 0) is 55.5 Å². The molecule has 2 aliphatic carbocycles. The van der Waals surface area contributed by atoms with E-state index in [2.05, 4.69) is 4.98 Å². The Morgan fingerprint density at radius 3 is 2.16 bits per heavy atom. The van der Waals surface area contributed by atoms with Gasteiger partial charge in [-0.15, -0.1) is 23.2 Å². The van der Waals surface area contributed by atoms with Crippen LogP contribution in [0, 0.1) is 46.8 Å². The number of hydrogen-bond donors (Lipinski definition) is 1. The molecule has 6 atom stereocenters. The lowest BCUT2D eigenvalue weighted by Crippen LogP contribution is -2.60. The number of phenols is 1. The molecule has 1 aromatic heterocycles. The number of rotatable bonds is 6. The standard InChI is InChI=1S/C35H23Cl3F8N4O6/c1-3-56-18-10-12(4-8-17(18)51)21-13-5-6-14-20(30(53)50(29(14)52)48(2)28-16(36)7-9-19(47-28)35(44,45)46)15(13)11-33(37)31(54)49(32(55)34(21,33)38)27-25(42)23(40)22(39)24(41)26(27)43/h4-5,7-10,14-15,20-21,51H,3,6,11H2,1-2H3/t14-,15+,20-,21-,33+,34-/m0/s1. The summed E-state index contributed by atoms with van der Waals surface area (Å²) in [4.78, 5) is 54.6. The lowest BCUT2D eigenvalue weighted by Gasteiger charge is -2.50. The first kappa shape index (κ1) is 39.6. The van der Waals surface area contributed by atoms with E-state index in [1.54, 1.807) is 6.92 Å². The number of alkyl halides is 5. The van der Waals surface area contributed by atoms with Crippen molar-refractivity contribution >= 4 is 69.9 Å². The normalized spacial score (nSPS) is 27.3. The van der Waals surface area contributed by atoms with Crippen LogP contribution >= 0.6 is 34.8 Å². The molecule has 2 aliphatic heterocycles. The van der Waals surface area contributed by atoms with Crippen LogP contribution < -0.4 is 14.6 Å². The molecule has 4 aliphatic rings. The third-order valence-corrected chi connectivity index (χ3v) is 12.2. The number of ether oxygens (including phenoxy) is 1. The van der Waals surface area contributed by atoms with Crippen molar-refractivity contribution < 1.29 is 64.1 Å². The van der Waals surface area contributed by atoms with Crippen molar-refractivity contribution in [3.8, 4) is 11.5 Å². The second-order valence-electron chi connectivity index (χ2n) is 13.4. The number of pyridine rings is 1. The molecule has 2 saturated heterocycles. The van der Waals surface area contributed by atoms with Crippen molar-refractivity contribution in [3.63, 3.8) is 0 Å². The first-order chi connectivity index (χ1) is 26.1. The molecule has 0 unspecified atom stereocenters. The minimum absolute atomic E-state index is 0.00161. The molecule has 56 heavy (non-hydrogen) atoms. The number of hydrazine groups is 1. The second-order valence-corrected chi connectivity index (χ2v) is 15.0. The zero-order valence-corrected chi connectivity index (χ0v) is 30.6. The molecule has 0 spiro atoms. The van der Waals surface area contributed by atoms with E-state index in [1.807, 2.05) is 0 Å². The third-order valence-electron chi connectivity index (χ3n) is 10.5. The maximum atomic E-state index is 15.3. The van der Waals surface area contributed by atoms with Crippen LogP contribution in [0.1, 0.15) is 36.9 Å². The van der Waals surface area contributed by atoms with Gasteiger partial charge in [-0.2, -0.15) is 18.2 Å². The summed E-state index contributed by atoms with van der Waals surface area (Å²) in [7, 11) is 1.05. The van der Waals surface area contributed by atoms with Gasteiger partial charge in [-0.1, -0.05) is 29.3 Å². The fourth-order valence-corrected chi connectivity index (χ4v) is 9.27. The Labute approximate surface area is 325 Å². The lowest BCUT2D eigenvalue weighted by atomic mass is 9.56. The minimum Gasteiger partial charge on any atom is -0.504 e. The van der Waals surface area contributed by atoms with E-state index < -0.39 is 122 Å². The lowest BCUT2D eigenvalue weighted by molar-refractivity contribution is -0.141. The Balaban J connectivity index is 1.40. The van der Waals surface area contributed by atoms with Crippen molar-refractivity contribution in [1.82, 2.24) is 9.99 Å². The molecule has 21 heteroatoms. The molecule has 2 aromatic carbocycles. The number of allylic oxidation sites excluding steroid dienone is 2. The molecule has 0 bridgehead atoms. The summed E-state index contributed by atoms with van der Waals surface area (Å²) < 4.78 is 120. The molecule has 1 N–H and O–H groups in total. The monoisotopic (exact) mass is 852 g/mol. The quantitative estimate of drug-likeness (QED) is 0.0693. The van der Waals surface area contributed by atoms with Crippen LogP contribution in [-0.4, -0.2) is 62.1 Å². The van der Waals surface area contributed by atoms with E-state index in [9.17, 15) is 50.6 Å².